The summed E-state index contributed by atoms with van der Waals surface area (Å²) in [5, 5.41) is 8.55. The molecule has 18 atom stereocenters. The van der Waals surface area contributed by atoms with Gasteiger partial charge in [-0.2, -0.15) is 67.3 Å². The van der Waals surface area contributed by atoms with Crippen LogP contribution in [0.15, 0.2) is 0 Å². The molecule has 57 heteroatoms. The van der Waals surface area contributed by atoms with Crippen molar-refractivity contribution < 1.29 is 204 Å². The maximum atomic E-state index is 12.4. The van der Waals surface area contributed by atoms with E-state index < -0.39 is 207 Å². The van der Waals surface area contributed by atoms with Gasteiger partial charge in [0.25, 0.3) is 0 Å². The first-order valence-corrected chi connectivity index (χ1v) is 49.1. The first kappa shape index (κ1) is 108. The number of unbranched alkanes of at least 4 members (excludes halogenated alkanes) is 15. The molecule has 4 aliphatic heterocycles. The molecule has 11 N–H and O–H groups in total. The largest absolute Gasteiger partial charge is 0.397 e. The highest BCUT2D eigenvalue weighted by Crippen LogP contribution is 2.38. The van der Waals surface area contributed by atoms with E-state index in [9.17, 15) is 123 Å². The van der Waals surface area contributed by atoms with Crippen LogP contribution >= 0.6 is 0 Å². The molecule has 0 aromatic rings. The van der Waals surface area contributed by atoms with E-state index >= 15 is 0 Å². The minimum atomic E-state index is -5.57. The number of hydrogen-bond donors (Lipinski definition) is 11. The molecule has 4 fully saturated rings. The maximum absolute atomic E-state index is 12.4. The lowest BCUT2D eigenvalue weighted by atomic mass is 9.98. The van der Waals surface area contributed by atoms with Gasteiger partial charge in [-0.25, -0.2) is 33.5 Å². The average molecular weight is 1890 g/mol. The van der Waals surface area contributed by atoms with Crippen LogP contribution in [-0.4, -0.2) is 297 Å². The topological polar surface area (TPSA) is 705 Å². The van der Waals surface area contributed by atoms with Crippen molar-refractivity contribution in [3.8, 4) is 0 Å². The first-order chi connectivity index (χ1) is 55.3. The van der Waals surface area contributed by atoms with Crippen LogP contribution in [0.25, 0.3) is 0 Å². The van der Waals surface area contributed by atoms with Crippen LogP contribution in [0.2, 0.25) is 0 Å². The van der Waals surface area contributed by atoms with Crippen LogP contribution in [0, 0.1) is 0 Å². The molecule has 0 radical (unpaired) electrons. The zero-order valence-corrected chi connectivity index (χ0v) is 72.2. The number of amides is 3. The molecule has 700 valence electrons. The van der Waals surface area contributed by atoms with E-state index in [1.807, 2.05) is 0 Å². The molecule has 49 nitrogen and oxygen atoms in total. The van der Waals surface area contributed by atoms with Crippen molar-refractivity contribution in [1.82, 2.24) is 16.0 Å². The van der Waals surface area contributed by atoms with Gasteiger partial charge in [0.1, 0.15) is 42.4 Å². The van der Waals surface area contributed by atoms with Crippen molar-refractivity contribution in [1.29, 1.82) is 0 Å². The predicted molar refractivity (Wildman–Crippen MR) is 401 cm³/mol. The molecule has 4 aliphatic rings. The molecular weight excluding hydrogens is 1780 g/mol. The number of carbonyl (C=O) groups excluding carboxylic acids is 4. The summed E-state index contributed by atoms with van der Waals surface area (Å²) >= 11 is 0. The van der Waals surface area contributed by atoms with Crippen molar-refractivity contribution in [3.05, 3.63) is 0 Å². The molecule has 119 heavy (non-hydrogen) atoms. The van der Waals surface area contributed by atoms with E-state index in [-0.39, 0.29) is 75.6 Å². The summed E-state index contributed by atoms with van der Waals surface area (Å²) in [7, 11) is -43.8. The number of nitrogens with one attached hydrogen (secondary N) is 3. The molecule has 0 aliphatic carbocycles. The highest BCUT2D eigenvalue weighted by Gasteiger charge is 2.57. The van der Waals surface area contributed by atoms with Gasteiger partial charge >= 0.3 is 83.2 Å². The van der Waals surface area contributed by atoms with Gasteiger partial charge in [0.2, 0.25) is 17.7 Å². The monoisotopic (exact) mass is 1890 g/mol. The van der Waals surface area contributed by atoms with Crippen LogP contribution in [-0.2, 0) is 183 Å². The minimum absolute atomic E-state index is 0.0951. The first-order valence-electron chi connectivity index (χ1n) is 38.2. The van der Waals surface area contributed by atoms with Crippen LogP contribution in [0.4, 0.5) is 0 Å². The molecule has 0 aromatic carbocycles. The number of ketones is 1. The van der Waals surface area contributed by atoms with Gasteiger partial charge in [0.15, 0.2) is 49.6 Å². The van der Waals surface area contributed by atoms with E-state index in [1.54, 1.807) is 0 Å². The molecule has 4 saturated heterocycles. The Morgan fingerprint density at radius 3 is 0.916 bits per heavy atom. The van der Waals surface area contributed by atoms with Crippen molar-refractivity contribution >= 4 is 107 Å². The number of carbonyl (C=O) groups is 4. The second-order valence-electron chi connectivity index (χ2n) is 28.2. The molecule has 18 unspecified atom stereocenters. The summed E-state index contributed by atoms with van der Waals surface area (Å²) in [6.07, 6.45) is -21.5. The Hall–Kier alpha value is -3.36. The SMILES string of the molecule is CC1CC(OS(=O)(=O)O)C(OS(=O)(=O)O)C(OC2C(C)OC(OCCCCCCNC(=O)CCCCCCCCC(=O)CCOCCCOCCC(=O)NCCCCCCCC(=O)NCCCCCCOC3OC(C)C(OC4OC(C)CC(OS(=O)(=O)O)C4OS(=O)(=O)O)C(OS(=O)(=O)O)C3OS(=O)(=O)O)C(OS(=O)(=O)O)C2OS(=O)(=O)O)O1. The third-order valence-corrected chi connectivity index (χ3v) is 21.8. The summed E-state index contributed by atoms with van der Waals surface area (Å²) in [6.45, 7) is 7.02. The Morgan fingerprint density at radius 2 is 0.571 bits per heavy atom. The van der Waals surface area contributed by atoms with Crippen molar-refractivity contribution in [2.75, 3.05) is 59.3 Å². The normalized spacial score (nSPS) is 27.1. The smallest absolute Gasteiger partial charge is 0.381 e. The Bertz CT molecular complexity index is 3770. The summed E-state index contributed by atoms with van der Waals surface area (Å²) in [5.74, 6) is -0.327. The Balaban J connectivity index is 0.950. The Kier molecular flexibility index (Phi) is 47.8. The molecule has 0 bridgehead atoms. The highest BCUT2D eigenvalue weighted by atomic mass is 32.3. The third-order valence-electron chi connectivity index (χ3n) is 18.0. The number of ether oxygens (including phenoxy) is 10. The quantitative estimate of drug-likeness (QED) is 0.0305. The second-order valence-corrected chi connectivity index (χ2v) is 36.5. The highest BCUT2D eigenvalue weighted by molar-refractivity contribution is 7.82. The third kappa shape index (κ3) is 48.8. The van der Waals surface area contributed by atoms with Gasteiger partial charge in [-0.1, -0.05) is 70.6 Å². The van der Waals surface area contributed by atoms with Crippen molar-refractivity contribution in [3.63, 3.8) is 0 Å². The summed E-state index contributed by atoms with van der Waals surface area (Å²) in [5.41, 5.74) is 0. The van der Waals surface area contributed by atoms with Crippen LogP contribution in [0.3, 0.4) is 0 Å². The summed E-state index contributed by atoms with van der Waals surface area (Å²) < 4.78 is 359. The van der Waals surface area contributed by atoms with Gasteiger partial charge in [-0.3, -0.25) is 55.6 Å². The number of hydrogen-bond acceptors (Lipinski definition) is 38. The second kappa shape index (κ2) is 52.7. The lowest BCUT2D eigenvalue weighted by Gasteiger charge is -2.46. The molecule has 4 rings (SSSR count). The molecular formula is C62H113N3O46S8. The molecule has 0 aromatic heterocycles. The zero-order chi connectivity index (χ0) is 89.0. The average Bonchev–Trinajstić information content (AvgIpc) is 0.774. The van der Waals surface area contributed by atoms with E-state index in [0.29, 0.717) is 110 Å². The van der Waals surface area contributed by atoms with Gasteiger partial charge in [-0.15, -0.1) is 0 Å². The van der Waals surface area contributed by atoms with Crippen LogP contribution in [0.1, 0.15) is 201 Å². The predicted octanol–water partition coefficient (Wildman–Crippen LogP) is 1.76. The lowest BCUT2D eigenvalue weighted by Crippen LogP contribution is -2.63. The van der Waals surface area contributed by atoms with E-state index in [4.69, 9.17) is 55.7 Å². The van der Waals surface area contributed by atoms with Crippen LogP contribution in [0.5, 0.6) is 0 Å². The molecule has 0 saturated carbocycles. The van der Waals surface area contributed by atoms with E-state index in [1.165, 1.54) is 27.7 Å². The fourth-order valence-electron chi connectivity index (χ4n) is 12.8. The fourth-order valence-corrected chi connectivity index (χ4v) is 16.8. The maximum Gasteiger partial charge on any atom is 0.397 e. The van der Waals surface area contributed by atoms with Crippen molar-refractivity contribution in [2.45, 2.75) is 312 Å². The summed E-state index contributed by atoms with van der Waals surface area (Å²) in [6, 6.07) is 0. The Labute approximate surface area is 693 Å². The number of Topliss-reactive ketones (excluding diaryl/α,β-unsaturated/α-hetero) is 1. The molecule has 4 heterocycles. The van der Waals surface area contributed by atoms with Crippen LogP contribution < -0.4 is 16.0 Å². The van der Waals surface area contributed by atoms with Gasteiger partial charge < -0.3 is 63.3 Å². The van der Waals surface area contributed by atoms with Gasteiger partial charge in [-0.05, 0) is 85.5 Å². The van der Waals surface area contributed by atoms with Gasteiger partial charge in [0.05, 0.1) is 37.6 Å². The molecule has 3 amide bonds. The van der Waals surface area contributed by atoms with E-state index in [2.05, 4.69) is 41.0 Å². The zero-order valence-electron chi connectivity index (χ0n) is 65.7. The number of rotatable bonds is 63. The van der Waals surface area contributed by atoms with Gasteiger partial charge in [0, 0.05) is 91.0 Å². The fraction of sp³-hybridized carbons (Fsp3) is 0.935. The van der Waals surface area contributed by atoms with Crippen molar-refractivity contribution in [2.24, 2.45) is 0 Å². The Morgan fingerprint density at radius 1 is 0.286 bits per heavy atom. The molecule has 0 spiro atoms. The lowest BCUT2D eigenvalue weighted by molar-refractivity contribution is -0.334. The summed E-state index contributed by atoms with van der Waals surface area (Å²) in [4.78, 5) is 49.5. The standard InChI is InChI=1S/C62H113N3O46S8/c1-41-39-46(104-112(70,71)72)53(106-114(76,77)78)61(98-41)102-51-43(3)100-59(57(110-118(88,89)90)55(51)108-116(82,83)84)96-35-22-14-12-20-30-63-48(67)26-17-9-6-5-8-16-25-45(66)28-37-94-33-24-34-95-38-29-50(69)65-32-19-11-7-10-18-27-49(68)64-31-21-13-15-23-36-97-60-58(111-119(91,92)93)56(109-117(85,86)87)52(44(4)101-60)103-62-54(107-115(79,80)81)47(40-42(2)99-62)105-113(73,74)75/h41-44,46-47,51-62H,5-40H2,1-4H3,(H,63,67)(H,64,68)(H,65,69)(H,70,71,72)(H,73,74,75)(H,76,77,78)(H,79,80,81)(H,82,83,84)(H,85,86,87)(H,88,89,90)(H,91,92,93). The van der Waals surface area contributed by atoms with E-state index in [0.717, 1.165) is 57.8 Å². The minimum Gasteiger partial charge on any atom is -0.381 e.